The van der Waals surface area contributed by atoms with Crippen LogP contribution in [0.3, 0.4) is 0 Å². The first-order valence-electron chi connectivity index (χ1n) is 9.84. The van der Waals surface area contributed by atoms with Crippen molar-refractivity contribution < 1.29 is 0 Å². The van der Waals surface area contributed by atoms with E-state index in [1.807, 2.05) is 6.07 Å². The van der Waals surface area contributed by atoms with Crippen molar-refractivity contribution in [2.45, 2.75) is 69.9 Å². The zero-order valence-electron chi connectivity index (χ0n) is 14.9. The van der Waals surface area contributed by atoms with Crippen molar-refractivity contribution in [2.24, 2.45) is 0 Å². The van der Waals surface area contributed by atoms with Crippen LogP contribution in [-0.2, 0) is 0 Å². The highest BCUT2D eigenvalue weighted by atomic mass is 15.2. The molecule has 2 N–H and O–H groups in total. The second-order valence-corrected chi connectivity index (χ2v) is 7.43. The van der Waals surface area contributed by atoms with E-state index in [9.17, 15) is 0 Å². The summed E-state index contributed by atoms with van der Waals surface area (Å²) >= 11 is 0. The van der Waals surface area contributed by atoms with Crippen LogP contribution in [0.2, 0.25) is 0 Å². The number of hydrogen-bond donors (Lipinski definition) is 2. The lowest BCUT2D eigenvalue weighted by atomic mass is 9.95. The third kappa shape index (κ3) is 4.30. The average Bonchev–Trinajstić information content (AvgIpc) is 3.16. The Morgan fingerprint density at radius 1 is 0.720 bits per heavy atom. The maximum atomic E-state index is 4.80. The first-order valence-corrected chi connectivity index (χ1v) is 9.84. The molecule has 2 aliphatic rings. The monoisotopic (exact) mass is 336 g/mol. The summed E-state index contributed by atoms with van der Waals surface area (Å²) in [6.45, 7) is 0. The zero-order valence-corrected chi connectivity index (χ0v) is 14.9. The van der Waals surface area contributed by atoms with Gasteiger partial charge in [0.15, 0.2) is 0 Å². The number of nitrogens with zero attached hydrogens (tertiary/aromatic N) is 2. The van der Waals surface area contributed by atoms with Gasteiger partial charge >= 0.3 is 0 Å². The summed E-state index contributed by atoms with van der Waals surface area (Å²) in [6, 6.07) is 13.6. The van der Waals surface area contributed by atoms with Gasteiger partial charge in [-0.15, -0.1) is 0 Å². The third-order valence-corrected chi connectivity index (χ3v) is 5.44. The minimum absolute atomic E-state index is 0.522. The summed E-state index contributed by atoms with van der Waals surface area (Å²) in [5, 5.41) is 7.23. The van der Waals surface area contributed by atoms with Crippen LogP contribution in [0.5, 0.6) is 0 Å². The van der Waals surface area contributed by atoms with Crippen LogP contribution in [-0.4, -0.2) is 22.1 Å². The average molecular weight is 336 g/mol. The summed E-state index contributed by atoms with van der Waals surface area (Å²) < 4.78 is 0. The van der Waals surface area contributed by atoms with E-state index in [4.69, 9.17) is 9.97 Å². The van der Waals surface area contributed by atoms with Crippen LogP contribution >= 0.6 is 0 Å². The molecule has 0 amide bonds. The molecule has 1 heterocycles. The highest BCUT2D eigenvalue weighted by molar-refractivity contribution is 5.64. The van der Waals surface area contributed by atoms with Gasteiger partial charge in [-0.1, -0.05) is 62.4 Å². The first kappa shape index (κ1) is 16.4. The van der Waals surface area contributed by atoms with Gasteiger partial charge < -0.3 is 10.6 Å². The van der Waals surface area contributed by atoms with Crippen LogP contribution < -0.4 is 10.6 Å². The minimum atomic E-state index is 0.522. The van der Waals surface area contributed by atoms with Gasteiger partial charge in [-0.25, -0.2) is 4.98 Å². The van der Waals surface area contributed by atoms with Crippen LogP contribution in [0.1, 0.15) is 57.8 Å². The molecule has 25 heavy (non-hydrogen) atoms. The molecule has 0 bridgehead atoms. The second-order valence-electron chi connectivity index (χ2n) is 7.43. The molecule has 0 aliphatic heterocycles. The molecule has 4 rings (SSSR count). The summed E-state index contributed by atoms with van der Waals surface area (Å²) in [4.78, 5) is 9.58. The van der Waals surface area contributed by atoms with Crippen molar-refractivity contribution in [2.75, 3.05) is 10.6 Å². The Kier molecular flexibility index (Phi) is 5.14. The highest BCUT2D eigenvalue weighted by Crippen LogP contribution is 2.27. The van der Waals surface area contributed by atoms with E-state index in [0.717, 1.165) is 23.0 Å². The Morgan fingerprint density at radius 3 is 2.08 bits per heavy atom. The van der Waals surface area contributed by atoms with Crippen LogP contribution in [0, 0.1) is 0 Å². The predicted molar refractivity (Wildman–Crippen MR) is 104 cm³/mol. The van der Waals surface area contributed by atoms with E-state index in [1.54, 1.807) is 0 Å². The molecule has 0 saturated heterocycles. The maximum Gasteiger partial charge on any atom is 0.225 e. The molecule has 2 fully saturated rings. The molecule has 1 aromatic carbocycles. The Bertz CT molecular complexity index is 674. The number of nitrogens with one attached hydrogen (secondary N) is 2. The topological polar surface area (TPSA) is 49.8 Å². The van der Waals surface area contributed by atoms with Gasteiger partial charge in [0.25, 0.3) is 0 Å². The van der Waals surface area contributed by atoms with E-state index in [2.05, 4.69) is 41.0 Å². The number of anilines is 2. The van der Waals surface area contributed by atoms with Gasteiger partial charge in [0, 0.05) is 23.7 Å². The van der Waals surface area contributed by atoms with Gasteiger partial charge in [0.1, 0.15) is 5.82 Å². The lowest BCUT2D eigenvalue weighted by Gasteiger charge is -2.24. The fraction of sp³-hybridized carbons (Fsp3) is 0.524. The molecular formula is C21H28N4. The summed E-state index contributed by atoms with van der Waals surface area (Å²) in [5.74, 6) is 1.73. The van der Waals surface area contributed by atoms with Crippen molar-refractivity contribution in [3.8, 4) is 11.3 Å². The first-order chi connectivity index (χ1) is 12.4. The largest absolute Gasteiger partial charge is 0.367 e. The van der Waals surface area contributed by atoms with E-state index in [0.29, 0.717) is 12.1 Å². The van der Waals surface area contributed by atoms with Crippen molar-refractivity contribution in [3.05, 3.63) is 36.4 Å². The highest BCUT2D eigenvalue weighted by Gasteiger charge is 2.18. The summed E-state index contributed by atoms with van der Waals surface area (Å²) in [7, 11) is 0. The molecule has 132 valence electrons. The minimum Gasteiger partial charge on any atom is -0.367 e. The van der Waals surface area contributed by atoms with E-state index in [1.165, 1.54) is 57.8 Å². The van der Waals surface area contributed by atoms with Gasteiger partial charge in [0.2, 0.25) is 5.95 Å². The Morgan fingerprint density at radius 2 is 1.36 bits per heavy atom. The molecule has 2 aliphatic carbocycles. The lowest BCUT2D eigenvalue weighted by Crippen LogP contribution is -2.24. The van der Waals surface area contributed by atoms with E-state index < -0.39 is 0 Å². The molecule has 0 atom stereocenters. The van der Waals surface area contributed by atoms with Crippen molar-refractivity contribution in [3.63, 3.8) is 0 Å². The fourth-order valence-corrected chi connectivity index (χ4v) is 4.05. The summed E-state index contributed by atoms with van der Waals surface area (Å²) in [5.41, 5.74) is 2.14. The van der Waals surface area contributed by atoms with Crippen molar-refractivity contribution in [1.29, 1.82) is 0 Å². The Balaban J connectivity index is 1.59. The Hall–Kier alpha value is -2.10. The van der Waals surface area contributed by atoms with Crippen molar-refractivity contribution in [1.82, 2.24) is 9.97 Å². The quantitative estimate of drug-likeness (QED) is 0.783. The van der Waals surface area contributed by atoms with Gasteiger partial charge in [-0.3, -0.25) is 0 Å². The second kappa shape index (κ2) is 7.85. The molecule has 4 nitrogen and oxygen atoms in total. The van der Waals surface area contributed by atoms with Crippen molar-refractivity contribution >= 4 is 11.8 Å². The summed E-state index contributed by atoms with van der Waals surface area (Å²) in [6.07, 6.45) is 11.6. The zero-order chi connectivity index (χ0) is 16.9. The van der Waals surface area contributed by atoms with Crippen LogP contribution in [0.4, 0.5) is 11.8 Å². The molecule has 0 unspecified atom stereocenters. The smallest absolute Gasteiger partial charge is 0.225 e. The molecule has 2 aromatic rings. The maximum absolute atomic E-state index is 4.80. The third-order valence-electron chi connectivity index (χ3n) is 5.44. The molecule has 1 aromatic heterocycles. The lowest BCUT2D eigenvalue weighted by molar-refractivity contribution is 0.462. The molecule has 0 spiro atoms. The van der Waals surface area contributed by atoms with Gasteiger partial charge in [-0.2, -0.15) is 4.98 Å². The number of rotatable bonds is 5. The standard InChI is InChI=1S/C21H28N4/c1-3-9-16(10-4-1)19-15-20(22-17-11-5-2-6-12-17)25-21(24-19)23-18-13-7-8-14-18/h1,3-4,9-10,15,17-18H,2,5-8,11-14H2,(H2,22,23,24,25). The number of hydrogen-bond acceptors (Lipinski definition) is 4. The van der Waals surface area contributed by atoms with Gasteiger partial charge in [0.05, 0.1) is 5.69 Å². The fourth-order valence-electron chi connectivity index (χ4n) is 4.05. The van der Waals surface area contributed by atoms with Crippen LogP contribution in [0.25, 0.3) is 11.3 Å². The SMILES string of the molecule is c1ccc(-c2cc(NC3CCCCC3)nc(NC3CCCC3)n2)cc1. The Labute approximate surface area is 150 Å². The van der Waals surface area contributed by atoms with E-state index >= 15 is 0 Å². The van der Waals surface area contributed by atoms with E-state index in [-0.39, 0.29) is 0 Å². The normalized spacial score (nSPS) is 19.0. The molecule has 0 radical (unpaired) electrons. The van der Waals surface area contributed by atoms with Gasteiger partial charge in [-0.05, 0) is 25.7 Å². The number of aromatic nitrogens is 2. The number of benzene rings is 1. The molecule has 2 saturated carbocycles. The predicted octanol–water partition coefficient (Wildman–Crippen LogP) is 5.24. The molecule has 4 heteroatoms. The molecular weight excluding hydrogens is 308 g/mol. The van der Waals surface area contributed by atoms with Crippen LogP contribution in [0.15, 0.2) is 36.4 Å².